The van der Waals surface area contributed by atoms with E-state index in [1.807, 2.05) is 6.07 Å². The van der Waals surface area contributed by atoms with Crippen LogP contribution in [0.1, 0.15) is 0 Å². The van der Waals surface area contributed by atoms with E-state index in [2.05, 4.69) is 31.7 Å². The lowest BCUT2D eigenvalue weighted by Gasteiger charge is -2.35. The van der Waals surface area contributed by atoms with Gasteiger partial charge in [0.2, 0.25) is 5.91 Å². The number of rotatable bonds is 6. The van der Waals surface area contributed by atoms with Gasteiger partial charge in [-0.3, -0.25) is 9.69 Å². The van der Waals surface area contributed by atoms with Gasteiger partial charge in [-0.25, -0.2) is 14.4 Å². The van der Waals surface area contributed by atoms with Gasteiger partial charge in [-0.2, -0.15) is 0 Å². The fraction of sp³-hybridized carbons (Fsp3) is 0.286. The maximum absolute atomic E-state index is 13.2. The normalized spacial score (nSPS) is 14.9. The number of piperazine rings is 1. The van der Waals surface area contributed by atoms with Crippen molar-refractivity contribution < 1.29 is 9.18 Å². The Morgan fingerprint density at radius 2 is 1.97 bits per heavy atom. The number of nitrogens with zero attached hydrogens (tertiary/aromatic N) is 4. The first kappa shape index (κ1) is 19.5. The molecule has 1 aromatic carbocycles. The van der Waals surface area contributed by atoms with E-state index in [-0.39, 0.29) is 11.7 Å². The number of nitrogens with one attached hydrogen (secondary N) is 1. The Morgan fingerprint density at radius 3 is 2.69 bits per heavy atom. The summed E-state index contributed by atoms with van der Waals surface area (Å²) in [6.07, 6.45) is 3.27. The van der Waals surface area contributed by atoms with E-state index >= 15 is 0 Å². The van der Waals surface area contributed by atoms with Gasteiger partial charge in [0.15, 0.2) is 0 Å². The van der Waals surface area contributed by atoms with Crippen molar-refractivity contribution >= 4 is 33.3 Å². The summed E-state index contributed by atoms with van der Waals surface area (Å²) >= 11 is 1.62. The molecule has 3 aromatic rings. The third kappa shape index (κ3) is 4.44. The fourth-order valence-corrected chi connectivity index (χ4v) is 4.52. The summed E-state index contributed by atoms with van der Waals surface area (Å²) in [4.78, 5) is 26.3. The van der Waals surface area contributed by atoms with Crippen LogP contribution in [0.5, 0.6) is 0 Å². The van der Waals surface area contributed by atoms with Gasteiger partial charge in [0, 0.05) is 37.6 Å². The van der Waals surface area contributed by atoms with Crippen LogP contribution in [-0.2, 0) is 4.79 Å². The highest BCUT2D eigenvalue weighted by atomic mass is 32.1. The molecule has 1 amide bonds. The molecular formula is C21H22FN5OS. The van der Waals surface area contributed by atoms with Gasteiger partial charge in [-0.15, -0.1) is 17.9 Å². The second-order valence-corrected chi connectivity index (χ2v) is 7.94. The van der Waals surface area contributed by atoms with Crippen molar-refractivity contribution in [2.24, 2.45) is 0 Å². The van der Waals surface area contributed by atoms with Crippen molar-refractivity contribution in [3.8, 4) is 10.4 Å². The molecule has 1 N–H and O–H groups in total. The lowest BCUT2D eigenvalue weighted by atomic mass is 10.2. The van der Waals surface area contributed by atoms with Crippen LogP contribution in [0.15, 0.2) is 49.3 Å². The number of amides is 1. The Balaban J connectivity index is 1.48. The molecule has 3 heterocycles. The number of anilines is 1. The van der Waals surface area contributed by atoms with Gasteiger partial charge in [0.25, 0.3) is 0 Å². The van der Waals surface area contributed by atoms with Gasteiger partial charge < -0.3 is 10.2 Å². The molecule has 1 saturated heterocycles. The lowest BCUT2D eigenvalue weighted by molar-refractivity contribution is -0.122. The minimum atomic E-state index is -0.244. The molecule has 1 fully saturated rings. The van der Waals surface area contributed by atoms with Gasteiger partial charge in [-0.05, 0) is 23.8 Å². The summed E-state index contributed by atoms with van der Waals surface area (Å²) in [6, 6.07) is 8.53. The number of benzene rings is 1. The molecule has 150 valence electrons. The number of aromatic nitrogens is 2. The van der Waals surface area contributed by atoms with Crippen LogP contribution in [0.4, 0.5) is 10.2 Å². The number of hydrogen-bond acceptors (Lipinski definition) is 6. The zero-order chi connectivity index (χ0) is 20.2. The molecule has 1 aliphatic heterocycles. The van der Waals surface area contributed by atoms with E-state index in [1.165, 1.54) is 12.1 Å². The molecule has 1 aliphatic rings. The standard InChI is InChI=1S/C21H22FN5OS/c1-2-7-23-19(28)13-26-8-10-27(11-9-26)21-20-17(24-14-25-21)12-18(29-20)15-3-5-16(22)6-4-15/h2-6,12,14H,1,7-11,13H2,(H,23,28). The smallest absolute Gasteiger partial charge is 0.234 e. The van der Waals surface area contributed by atoms with E-state index in [9.17, 15) is 9.18 Å². The average Bonchev–Trinajstić information content (AvgIpc) is 3.18. The molecule has 0 radical (unpaired) electrons. The highest BCUT2D eigenvalue weighted by molar-refractivity contribution is 7.22. The molecule has 2 aromatic heterocycles. The highest BCUT2D eigenvalue weighted by Crippen LogP contribution is 2.37. The number of carbonyl (C=O) groups is 1. The largest absolute Gasteiger partial charge is 0.353 e. The van der Waals surface area contributed by atoms with Crippen LogP contribution >= 0.6 is 11.3 Å². The zero-order valence-electron chi connectivity index (χ0n) is 16.0. The highest BCUT2D eigenvalue weighted by Gasteiger charge is 2.22. The van der Waals surface area contributed by atoms with Crippen LogP contribution in [-0.4, -0.2) is 60.0 Å². The Bertz CT molecular complexity index is 1010. The van der Waals surface area contributed by atoms with Crippen LogP contribution < -0.4 is 10.2 Å². The summed E-state index contributed by atoms with van der Waals surface area (Å²) in [6.45, 7) is 7.68. The first-order valence-electron chi connectivity index (χ1n) is 9.49. The molecule has 8 heteroatoms. The van der Waals surface area contributed by atoms with Crippen molar-refractivity contribution in [3.05, 3.63) is 55.1 Å². The minimum Gasteiger partial charge on any atom is -0.353 e. The maximum atomic E-state index is 13.2. The van der Waals surface area contributed by atoms with Gasteiger partial charge in [0.05, 0.1) is 16.8 Å². The Labute approximate surface area is 172 Å². The van der Waals surface area contributed by atoms with Crippen LogP contribution in [0, 0.1) is 5.82 Å². The monoisotopic (exact) mass is 411 g/mol. The molecule has 4 rings (SSSR count). The number of fused-ring (bicyclic) bond motifs is 1. The van der Waals surface area contributed by atoms with Crippen LogP contribution in [0.3, 0.4) is 0 Å². The molecule has 0 spiro atoms. The third-order valence-electron chi connectivity index (χ3n) is 4.90. The number of carbonyl (C=O) groups excluding carboxylic acids is 1. The van der Waals surface area contributed by atoms with E-state index in [0.29, 0.717) is 13.1 Å². The third-order valence-corrected chi connectivity index (χ3v) is 6.07. The predicted molar refractivity (Wildman–Crippen MR) is 115 cm³/mol. The summed E-state index contributed by atoms with van der Waals surface area (Å²) in [5.41, 5.74) is 1.86. The van der Waals surface area contributed by atoms with Crippen molar-refractivity contribution in [1.29, 1.82) is 0 Å². The molecule has 0 unspecified atom stereocenters. The van der Waals surface area contributed by atoms with E-state index in [4.69, 9.17) is 0 Å². The molecule has 0 aliphatic carbocycles. The van der Waals surface area contributed by atoms with E-state index in [0.717, 1.165) is 52.7 Å². The number of hydrogen-bond donors (Lipinski definition) is 1. The van der Waals surface area contributed by atoms with Crippen LogP contribution in [0.2, 0.25) is 0 Å². The molecule has 6 nitrogen and oxygen atoms in total. The van der Waals surface area contributed by atoms with E-state index in [1.54, 1.807) is 35.9 Å². The Morgan fingerprint density at radius 1 is 1.21 bits per heavy atom. The van der Waals surface area contributed by atoms with E-state index < -0.39 is 0 Å². The van der Waals surface area contributed by atoms with Gasteiger partial charge in [-0.1, -0.05) is 18.2 Å². The Hall–Kier alpha value is -2.84. The predicted octanol–water partition coefficient (Wildman–Crippen LogP) is 2.92. The van der Waals surface area contributed by atoms with Crippen molar-refractivity contribution in [2.75, 3.05) is 44.2 Å². The van der Waals surface area contributed by atoms with Gasteiger partial charge >= 0.3 is 0 Å². The summed E-state index contributed by atoms with van der Waals surface area (Å²) in [5.74, 6) is 0.695. The SMILES string of the molecule is C=CCNC(=O)CN1CCN(c2ncnc3cc(-c4ccc(F)cc4)sc23)CC1. The Kier molecular flexibility index (Phi) is 5.82. The first-order valence-corrected chi connectivity index (χ1v) is 10.3. The molecular weight excluding hydrogens is 389 g/mol. The van der Waals surface area contributed by atoms with Crippen molar-refractivity contribution in [1.82, 2.24) is 20.2 Å². The molecule has 0 bridgehead atoms. The second kappa shape index (κ2) is 8.67. The topological polar surface area (TPSA) is 61.4 Å². The number of thiophene rings is 1. The maximum Gasteiger partial charge on any atom is 0.234 e. The summed E-state index contributed by atoms with van der Waals surface area (Å²) in [7, 11) is 0. The fourth-order valence-electron chi connectivity index (χ4n) is 3.39. The first-order chi connectivity index (χ1) is 14.1. The van der Waals surface area contributed by atoms with Crippen LogP contribution in [0.25, 0.3) is 20.7 Å². The number of halogens is 1. The van der Waals surface area contributed by atoms with Crippen molar-refractivity contribution in [2.45, 2.75) is 0 Å². The quantitative estimate of drug-likeness (QED) is 0.632. The molecule has 29 heavy (non-hydrogen) atoms. The zero-order valence-corrected chi connectivity index (χ0v) is 16.8. The van der Waals surface area contributed by atoms with Crippen molar-refractivity contribution in [3.63, 3.8) is 0 Å². The second-order valence-electron chi connectivity index (χ2n) is 6.89. The minimum absolute atomic E-state index is 0.0185. The lowest BCUT2D eigenvalue weighted by Crippen LogP contribution is -2.49. The van der Waals surface area contributed by atoms with Gasteiger partial charge in [0.1, 0.15) is 18.0 Å². The summed E-state index contributed by atoms with van der Waals surface area (Å²) in [5, 5.41) is 2.81. The molecule has 0 saturated carbocycles. The molecule has 0 atom stereocenters. The average molecular weight is 412 g/mol. The summed E-state index contributed by atoms with van der Waals surface area (Å²) < 4.78 is 14.3.